The average Bonchev–Trinajstić information content (AvgIpc) is 3.10. The molecule has 8 nitrogen and oxygen atoms in total. The molecule has 1 aromatic heterocycles. The molecule has 1 N–H and O–H groups in total. The fraction of sp³-hybridized carbons (Fsp3) is 0.237. The number of urea groups is 1. The fourth-order valence-electron chi connectivity index (χ4n) is 6.38. The largest absolute Gasteiger partial charge is 0.497 e. The van der Waals surface area contributed by atoms with Crippen molar-refractivity contribution in [3.05, 3.63) is 138 Å². The number of carbonyl (C=O) groups excluding carboxylic acids is 1. The van der Waals surface area contributed by atoms with Gasteiger partial charge in [-0.3, -0.25) is 9.80 Å². The van der Waals surface area contributed by atoms with Crippen LogP contribution in [0, 0.1) is 11.3 Å². The van der Waals surface area contributed by atoms with Crippen molar-refractivity contribution in [1.82, 2.24) is 9.97 Å². The molecule has 0 saturated heterocycles. The lowest BCUT2D eigenvalue weighted by molar-refractivity contribution is -0.00144. The number of methoxy groups -OCH3 is 1. The second-order valence-electron chi connectivity index (χ2n) is 12.7. The van der Waals surface area contributed by atoms with Crippen molar-refractivity contribution < 1.29 is 14.0 Å². The number of aromatic nitrogens is 2. The van der Waals surface area contributed by atoms with Gasteiger partial charge in [0.1, 0.15) is 17.2 Å². The van der Waals surface area contributed by atoms with E-state index in [1.807, 2.05) is 91.0 Å². The quantitative estimate of drug-likeness (QED) is 0.157. The first-order chi connectivity index (χ1) is 22.7. The first-order valence-corrected chi connectivity index (χ1v) is 16.0. The van der Waals surface area contributed by atoms with Gasteiger partial charge < -0.3 is 14.5 Å². The lowest BCUT2D eigenvalue weighted by Crippen LogP contribution is -2.56. The van der Waals surface area contributed by atoms with E-state index in [4.69, 9.17) is 14.1 Å². The minimum atomic E-state index is -0.974. The van der Waals surface area contributed by atoms with E-state index in [0.717, 1.165) is 28.1 Å². The summed E-state index contributed by atoms with van der Waals surface area (Å²) >= 11 is 0. The molecular weight excluding hydrogens is 603 g/mol. The maximum absolute atomic E-state index is 14.8. The van der Waals surface area contributed by atoms with E-state index in [-0.39, 0.29) is 23.9 Å². The van der Waals surface area contributed by atoms with E-state index in [1.54, 1.807) is 23.1 Å². The number of rotatable bonds is 10. The van der Waals surface area contributed by atoms with Gasteiger partial charge >= 0.3 is 6.03 Å². The number of benzene rings is 4. The van der Waals surface area contributed by atoms with Crippen LogP contribution in [-0.2, 0) is 16.6 Å². The zero-order valence-electron chi connectivity index (χ0n) is 27.1. The molecule has 1 unspecified atom stereocenters. The van der Waals surface area contributed by atoms with Gasteiger partial charge in [-0.1, -0.05) is 99.6 Å². The van der Waals surface area contributed by atoms with Crippen LogP contribution in [0.3, 0.4) is 0 Å². The van der Waals surface area contributed by atoms with Crippen molar-refractivity contribution >= 4 is 39.7 Å². The molecule has 0 bridgehead atoms. The third kappa shape index (κ3) is 6.37. The number of anilines is 4. The number of ether oxygens (including phenoxy) is 1. The van der Waals surface area contributed by atoms with Gasteiger partial charge in [-0.15, -0.1) is 0 Å². The van der Waals surface area contributed by atoms with Crippen molar-refractivity contribution in [2.45, 2.75) is 32.9 Å². The molecule has 0 aliphatic carbocycles. The van der Waals surface area contributed by atoms with Crippen molar-refractivity contribution in [3.8, 4) is 5.75 Å². The second kappa shape index (κ2) is 13.4. The topological polar surface area (TPSA) is 79.8 Å². The highest BCUT2D eigenvalue weighted by Gasteiger charge is 2.50. The summed E-state index contributed by atoms with van der Waals surface area (Å²) in [5, 5.41) is 3.30. The van der Waals surface area contributed by atoms with Gasteiger partial charge in [-0.25, -0.2) is 9.78 Å². The minimum absolute atomic E-state index is 0.190. The summed E-state index contributed by atoms with van der Waals surface area (Å²) in [4.78, 5) is 27.9. The molecule has 3 radical (unpaired) electrons. The summed E-state index contributed by atoms with van der Waals surface area (Å²) in [5.74, 6) is 1.41. The third-order valence-electron chi connectivity index (χ3n) is 8.77. The zero-order chi connectivity index (χ0) is 33.0. The summed E-state index contributed by atoms with van der Waals surface area (Å²) in [7, 11) is 5.19. The first-order valence-electron chi connectivity index (χ1n) is 15.6. The summed E-state index contributed by atoms with van der Waals surface area (Å²) in [6.07, 6.45) is 1.80. The first kappa shape index (κ1) is 32.0. The zero-order valence-corrected chi connectivity index (χ0v) is 28.1. The Bertz CT molecular complexity index is 1760. The second-order valence-corrected chi connectivity index (χ2v) is 12.9. The Morgan fingerprint density at radius 3 is 1.96 bits per heavy atom. The SMILES string of the molecule is COc1ccc(N2Cc3cnc(Nc4ccccc4)nc3N(CC(C(C)(C)C)C(O[Si])(c3ccccc3)c3ccccc3)C2=O)cc1. The monoisotopic (exact) mass is 640 g/mol. The van der Waals surface area contributed by atoms with Gasteiger partial charge in [0.2, 0.25) is 16.4 Å². The number of amides is 2. The minimum Gasteiger partial charge on any atom is -0.497 e. The van der Waals surface area contributed by atoms with Gasteiger partial charge in [0.15, 0.2) is 0 Å². The average molecular weight is 641 g/mol. The van der Waals surface area contributed by atoms with E-state index in [2.05, 4.69) is 65.8 Å². The molecule has 0 fully saturated rings. The van der Waals surface area contributed by atoms with Gasteiger partial charge in [-0.05, 0) is 52.9 Å². The van der Waals surface area contributed by atoms with Gasteiger partial charge in [-0.2, -0.15) is 4.98 Å². The molecule has 1 atom stereocenters. The molecule has 9 heteroatoms. The molecule has 2 heterocycles. The smallest absolute Gasteiger partial charge is 0.330 e. The fourth-order valence-corrected chi connectivity index (χ4v) is 6.76. The van der Waals surface area contributed by atoms with Crippen LogP contribution < -0.4 is 19.9 Å². The predicted octanol–water partition coefficient (Wildman–Crippen LogP) is 7.88. The van der Waals surface area contributed by atoms with E-state index in [0.29, 0.717) is 24.1 Å². The number of hydrogen-bond donors (Lipinski definition) is 1. The van der Waals surface area contributed by atoms with Crippen LogP contribution in [-0.4, -0.2) is 40.1 Å². The van der Waals surface area contributed by atoms with Crippen LogP contribution in [0.1, 0.15) is 37.5 Å². The summed E-state index contributed by atoms with van der Waals surface area (Å²) in [6.45, 7) is 7.16. The van der Waals surface area contributed by atoms with Crippen LogP contribution in [0.15, 0.2) is 121 Å². The summed E-state index contributed by atoms with van der Waals surface area (Å²) in [6, 6.07) is 37.4. The number of hydrogen-bond acceptors (Lipinski definition) is 6. The molecule has 1 aliphatic rings. The van der Waals surface area contributed by atoms with Crippen molar-refractivity contribution in [2.24, 2.45) is 11.3 Å². The highest BCUT2D eigenvalue weighted by Crippen LogP contribution is 2.49. The Morgan fingerprint density at radius 2 is 1.43 bits per heavy atom. The Morgan fingerprint density at radius 1 is 0.851 bits per heavy atom. The molecule has 5 aromatic rings. The molecule has 237 valence electrons. The molecule has 0 saturated carbocycles. The molecule has 0 spiro atoms. The maximum atomic E-state index is 14.8. The number of para-hydroxylation sites is 1. The lowest BCUT2D eigenvalue weighted by Gasteiger charge is -2.49. The molecule has 1 aliphatic heterocycles. The highest BCUT2D eigenvalue weighted by molar-refractivity contribution is 6.05. The van der Waals surface area contributed by atoms with Crippen LogP contribution in [0.2, 0.25) is 0 Å². The number of nitrogens with zero attached hydrogens (tertiary/aromatic N) is 4. The Hall–Kier alpha value is -4.99. The number of fused-ring (bicyclic) bond motifs is 1. The molecule has 47 heavy (non-hydrogen) atoms. The normalized spacial score (nSPS) is 14.0. The Labute approximate surface area is 279 Å². The van der Waals surface area contributed by atoms with Crippen molar-refractivity contribution in [2.75, 3.05) is 28.8 Å². The van der Waals surface area contributed by atoms with Crippen LogP contribution in [0.5, 0.6) is 5.75 Å². The Kier molecular flexibility index (Phi) is 9.11. The van der Waals surface area contributed by atoms with E-state index in [1.165, 1.54) is 0 Å². The predicted molar refractivity (Wildman–Crippen MR) is 187 cm³/mol. The van der Waals surface area contributed by atoms with Crippen molar-refractivity contribution in [3.63, 3.8) is 0 Å². The summed E-state index contributed by atoms with van der Waals surface area (Å²) < 4.78 is 11.9. The molecular formula is C38H38N5O3Si. The van der Waals surface area contributed by atoms with Crippen LogP contribution in [0.4, 0.5) is 27.9 Å². The van der Waals surface area contributed by atoms with Gasteiger partial charge in [0, 0.05) is 35.6 Å². The molecule has 4 aromatic carbocycles. The van der Waals surface area contributed by atoms with E-state index < -0.39 is 5.60 Å². The maximum Gasteiger partial charge on any atom is 0.330 e. The highest BCUT2D eigenvalue weighted by atomic mass is 28.2. The molecule has 2 amide bonds. The number of carbonyl (C=O) groups is 1. The van der Waals surface area contributed by atoms with Gasteiger partial charge in [0.25, 0.3) is 0 Å². The number of nitrogens with one attached hydrogen (secondary N) is 1. The van der Waals surface area contributed by atoms with E-state index in [9.17, 15) is 4.79 Å². The standard InChI is InChI=1S/C38H38N5O3Si/c1-37(2,3)33(38(46-47,28-14-8-5-9-15-28)29-16-10-6-11-17-29)26-43-34-27(24-39-35(41-34)40-30-18-12-7-13-19-30)25-42(36(43)44)31-20-22-32(45-4)23-21-31/h5-24,33H,25-26H2,1-4H3,(H,39,40,41). The summed E-state index contributed by atoms with van der Waals surface area (Å²) in [5.41, 5.74) is 3.03. The third-order valence-corrected chi connectivity index (χ3v) is 9.09. The van der Waals surface area contributed by atoms with Gasteiger partial charge in [0.05, 0.1) is 13.7 Å². The van der Waals surface area contributed by atoms with Crippen LogP contribution in [0.25, 0.3) is 0 Å². The Balaban J connectivity index is 1.50. The van der Waals surface area contributed by atoms with Crippen LogP contribution >= 0.6 is 0 Å². The lowest BCUT2D eigenvalue weighted by atomic mass is 9.65. The molecule has 6 rings (SSSR count). The van der Waals surface area contributed by atoms with E-state index >= 15 is 0 Å². The van der Waals surface area contributed by atoms with Crippen molar-refractivity contribution in [1.29, 1.82) is 0 Å².